The van der Waals surface area contributed by atoms with Gasteiger partial charge in [-0.3, -0.25) is 0 Å². The second-order valence-corrected chi connectivity index (χ2v) is 5.44. The first-order chi connectivity index (χ1) is 8.61. The van der Waals surface area contributed by atoms with Crippen LogP contribution in [0.1, 0.15) is 31.8 Å². The van der Waals surface area contributed by atoms with Crippen molar-refractivity contribution in [2.75, 3.05) is 0 Å². The maximum atomic E-state index is 5.62. The van der Waals surface area contributed by atoms with E-state index in [2.05, 4.69) is 35.4 Å². The van der Waals surface area contributed by atoms with E-state index in [0.29, 0.717) is 18.3 Å². The Hall–Kier alpha value is -1.33. The predicted octanol–water partition coefficient (Wildman–Crippen LogP) is 2.69. The first-order valence-corrected chi connectivity index (χ1v) is 6.96. The van der Waals surface area contributed by atoms with E-state index >= 15 is 0 Å². The van der Waals surface area contributed by atoms with Crippen molar-refractivity contribution in [2.24, 2.45) is 11.7 Å². The summed E-state index contributed by atoms with van der Waals surface area (Å²) in [6.45, 7) is 8.78. The molecule has 0 saturated heterocycles. The molecule has 2 N–H and O–H groups in total. The average molecular weight is 262 g/mol. The molecule has 2 aromatic rings. The fraction of sp³-hybridized carbons (Fsp3) is 0.462. The number of allylic oxidation sites excluding steroid dienone is 1. The van der Waals surface area contributed by atoms with Crippen LogP contribution < -0.4 is 5.73 Å². The summed E-state index contributed by atoms with van der Waals surface area (Å²) in [5.74, 6) is 1.20. The first-order valence-electron chi connectivity index (χ1n) is 6.08. The number of thiazole rings is 1. The van der Waals surface area contributed by atoms with Crippen molar-refractivity contribution in [1.29, 1.82) is 0 Å². The fourth-order valence-electron chi connectivity index (χ4n) is 1.70. The summed E-state index contributed by atoms with van der Waals surface area (Å²) >= 11 is 1.53. The lowest BCUT2D eigenvalue weighted by Gasteiger charge is -2.09. The predicted molar refractivity (Wildman–Crippen MR) is 75.4 cm³/mol. The summed E-state index contributed by atoms with van der Waals surface area (Å²) < 4.78 is 0. The van der Waals surface area contributed by atoms with E-state index < -0.39 is 0 Å². The van der Waals surface area contributed by atoms with Crippen LogP contribution in [0.3, 0.4) is 0 Å². The van der Waals surface area contributed by atoms with Crippen molar-refractivity contribution < 1.29 is 0 Å². The molecule has 0 amide bonds. The minimum Gasteiger partial charge on any atom is -0.324 e. The molecule has 5 heteroatoms. The molecular weight excluding hydrogens is 244 g/mol. The lowest BCUT2D eigenvalue weighted by Crippen LogP contribution is -2.06. The molecule has 0 fully saturated rings. The van der Waals surface area contributed by atoms with Crippen LogP contribution in [0.4, 0.5) is 0 Å². The minimum absolute atomic E-state index is 0.367. The van der Waals surface area contributed by atoms with Gasteiger partial charge in [-0.05, 0) is 18.8 Å². The number of aryl methyl sites for hydroxylation is 1. The van der Waals surface area contributed by atoms with Crippen LogP contribution in [0.25, 0.3) is 10.3 Å². The Morgan fingerprint density at radius 3 is 2.89 bits per heavy atom. The normalized spacial score (nSPS) is 11.3. The zero-order valence-corrected chi connectivity index (χ0v) is 11.6. The second-order valence-electron chi connectivity index (χ2n) is 4.61. The summed E-state index contributed by atoms with van der Waals surface area (Å²) in [5, 5.41) is 0. The van der Waals surface area contributed by atoms with Crippen molar-refractivity contribution in [3.8, 4) is 0 Å². The number of rotatable bonds is 5. The van der Waals surface area contributed by atoms with E-state index in [0.717, 1.165) is 28.9 Å². The van der Waals surface area contributed by atoms with Gasteiger partial charge in [0, 0.05) is 0 Å². The van der Waals surface area contributed by atoms with Crippen LogP contribution in [0.15, 0.2) is 17.7 Å². The van der Waals surface area contributed by atoms with Gasteiger partial charge in [-0.1, -0.05) is 26.0 Å². The first kappa shape index (κ1) is 13.1. The van der Waals surface area contributed by atoms with Crippen LogP contribution in [0, 0.1) is 5.92 Å². The molecule has 96 valence electrons. The summed E-state index contributed by atoms with van der Waals surface area (Å²) in [6.07, 6.45) is 1.79. The van der Waals surface area contributed by atoms with Crippen molar-refractivity contribution in [3.05, 3.63) is 29.2 Å². The highest BCUT2D eigenvalue weighted by atomic mass is 32.1. The largest absolute Gasteiger partial charge is 0.324 e. The highest BCUT2D eigenvalue weighted by Gasteiger charge is 2.10. The lowest BCUT2D eigenvalue weighted by atomic mass is 9.99. The molecule has 0 aliphatic heterocycles. The molecule has 0 saturated carbocycles. The molecule has 0 aliphatic carbocycles. The van der Waals surface area contributed by atoms with Crippen molar-refractivity contribution in [2.45, 2.75) is 33.2 Å². The van der Waals surface area contributed by atoms with E-state index in [1.54, 1.807) is 5.51 Å². The molecule has 2 heterocycles. The van der Waals surface area contributed by atoms with Crippen LogP contribution >= 0.6 is 11.3 Å². The van der Waals surface area contributed by atoms with Gasteiger partial charge in [0.15, 0.2) is 0 Å². The third kappa shape index (κ3) is 2.73. The van der Waals surface area contributed by atoms with Gasteiger partial charge >= 0.3 is 0 Å². The van der Waals surface area contributed by atoms with Gasteiger partial charge in [0.2, 0.25) is 0 Å². The minimum atomic E-state index is 0.367. The van der Waals surface area contributed by atoms with E-state index in [1.165, 1.54) is 16.9 Å². The van der Waals surface area contributed by atoms with Gasteiger partial charge in [-0.15, -0.1) is 11.3 Å². The number of hydrogen-bond acceptors (Lipinski definition) is 5. The molecule has 0 spiro atoms. The smallest absolute Gasteiger partial charge is 0.147 e. The van der Waals surface area contributed by atoms with E-state index in [1.807, 2.05) is 0 Å². The quantitative estimate of drug-likeness (QED) is 0.841. The summed E-state index contributed by atoms with van der Waals surface area (Å²) in [6, 6.07) is 0. The molecule has 2 rings (SSSR count). The van der Waals surface area contributed by atoms with Crippen LogP contribution in [-0.2, 0) is 13.0 Å². The van der Waals surface area contributed by atoms with Gasteiger partial charge in [0.25, 0.3) is 0 Å². The summed E-state index contributed by atoms with van der Waals surface area (Å²) in [7, 11) is 0. The van der Waals surface area contributed by atoms with E-state index in [4.69, 9.17) is 5.73 Å². The summed E-state index contributed by atoms with van der Waals surface area (Å²) in [5.41, 5.74) is 10.6. The topological polar surface area (TPSA) is 64.7 Å². The zero-order valence-electron chi connectivity index (χ0n) is 10.8. The average Bonchev–Trinajstić information content (AvgIpc) is 2.83. The molecule has 0 radical (unpaired) electrons. The maximum absolute atomic E-state index is 5.62. The van der Waals surface area contributed by atoms with Gasteiger partial charge in [0.1, 0.15) is 16.2 Å². The number of nitrogens with zero attached hydrogens (tertiary/aromatic N) is 3. The zero-order chi connectivity index (χ0) is 13.1. The Morgan fingerprint density at radius 2 is 2.22 bits per heavy atom. The molecule has 0 aliphatic rings. The van der Waals surface area contributed by atoms with E-state index in [-0.39, 0.29) is 0 Å². The number of aromatic nitrogens is 3. The SMILES string of the molecule is C=C(CCc1nc(CN)nc2scnc12)C(C)C. The van der Waals surface area contributed by atoms with Gasteiger partial charge < -0.3 is 5.73 Å². The van der Waals surface area contributed by atoms with Gasteiger partial charge in [0.05, 0.1) is 17.7 Å². The highest BCUT2D eigenvalue weighted by molar-refractivity contribution is 7.16. The molecule has 0 bridgehead atoms. The molecule has 0 atom stereocenters. The number of hydrogen-bond donors (Lipinski definition) is 1. The monoisotopic (exact) mass is 262 g/mol. The van der Waals surface area contributed by atoms with Crippen molar-refractivity contribution in [1.82, 2.24) is 15.0 Å². The van der Waals surface area contributed by atoms with Crippen LogP contribution in [-0.4, -0.2) is 15.0 Å². The molecule has 18 heavy (non-hydrogen) atoms. The summed E-state index contributed by atoms with van der Waals surface area (Å²) in [4.78, 5) is 14.1. The molecule has 4 nitrogen and oxygen atoms in total. The van der Waals surface area contributed by atoms with Crippen LogP contribution in [0.2, 0.25) is 0 Å². The van der Waals surface area contributed by atoms with Gasteiger partial charge in [-0.2, -0.15) is 0 Å². The third-order valence-corrected chi connectivity index (χ3v) is 3.72. The lowest BCUT2D eigenvalue weighted by molar-refractivity contribution is 0.707. The Bertz CT molecular complexity index is 559. The molecule has 2 aromatic heterocycles. The van der Waals surface area contributed by atoms with E-state index in [9.17, 15) is 0 Å². The maximum Gasteiger partial charge on any atom is 0.147 e. The Balaban J connectivity index is 2.26. The molecule has 0 unspecified atom stereocenters. The second kappa shape index (κ2) is 5.54. The Morgan fingerprint density at radius 1 is 1.44 bits per heavy atom. The third-order valence-electron chi connectivity index (χ3n) is 3.00. The van der Waals surface area contributed by atoms with Gasteiger partial charge in [-0.25, -0.2) is 15.0 Å². The number of nitrogens with two attached hydrogens (primary N) is 1. The Labute approximate surface area is 111 Å². The van der Waals surface area contributed by atoms with Crippen molar-refractivity contribution in [3.63, 3.8) is 0 Å². The fourth-order valence-corrected chi connectivity index (χ4v) is 2.40. The molecular formula is C13H18N4S. The van der Waals surface area contributed by atoms with Crippen LogP contribution in [0.5, 0.6) is 0 Å². The standard InChI is InChI=1S/C13H18N4S/c1-8(2)9(3)4-5-10-12-13(18-7-15-12)17-11(6-14)16-10/h7-8H,3-6,14H2,1-2H3. The number of fused-ring (bicyclic) bond motifs is 1. The van der Waals surface area contributed by atoms with Crippen molar-refractivity contribution >= 4 is 21.7 Å². The highest BCUT2D eigenvalue weighted by Crippen LogP contribution is 2.21. The Kier molecular flexibility index (Phi) is 4.04. The molecule has 0 aromatic carbocycles.